The average Bonchev–Trinajstić information content (AvgIpc) is 2.47. The van der Waals surface area contributed by atoms with Crippen molar-refractivity contribution in [3.63, 3.8) is 0 Å². The minimum absolute atomic E-state index is 0.492. The van der Waals surface area contributed by atoms with Crippen LogP contribution in [0.3, 0.4) is 0 Å². The minimum Gasteiger partial charge on any atom is -0.384 e. The molecule has 1 unspecified atom stereocenters. The van der Waals surface area contributed by atoms with E-state index >= 15 is 0 Å². The van der Waals surface area contributed by atoms with E-state index in [1.165, 1.54) is 5.56 Å². The van der Waals surface area contributed by atoms with Gasteiger partial charge >= 0.3 is 0 Å². The van der Waals surface area contributed by atoms with E-state index in [1.807, 2.05) is 6.07 Å². The number of rotatable bonds is 3. The van der Waals surface area contributed by atoms with E-state index in [0.717, 1.165) is 50.9 Å². The molecule has 19 heavy (non-hydrogen) atoms. The number of hydrogen-bond donors (Lipinski definition) is 2. The topological polar surface area (TPSA) is 41.5 Å². The molecule has 0 amide bonds. The Kier molecular flexibility index (Phi) is 3.87. The van der Waals surface area contributed by atoms with Crippen molar-refractivity contribution in [1.82, 2.24) is 5.32 Å². The van der Waals surface area contributed by atoms with E-state index in [0.29, 0.717) is 12.6 Å². The van der Waals surface area contributed by atoms with Crippen molar-refractivity contribution in [2.24, 2.45) is 0 Å². The molecule has 0 bridgehead atoms. The molecule has 0 radical (unpaired) electrons. The SMILES string of the molecule is OC1(CNC2CCOCC2)CCCc2ccccc21. The molecule has 1 heterocycles. The highest BCUT2D eigenvalue weighted by molar-refractivity contribution is 5.35. The van der Waals surface area contributed by atoms with E-state index in [4.69, 9.17) is 4.74 Å². The van der Waals surface area contributed by atoms with E-state index in [9.17, 15) is 5.11 Å². The zero-order valence-corrected chi connectivity index (χ0v) is 11.4. The van der Waals surface area contributed by atoms with Crippen LogP contribution < -0.4 is 5.32 Å². The lowest BCUT2D eigenvalue weighted by atomic mass is 9.79. The van der Waals surface area contributed by atoms with Crippen LogP contribution in [0.5, 0.6) is 0 Å². The molecule has 3 rings (SSSR count). The molecule has 1 aromatic carbocycles. The zero-order chi connectivity index (χ0) is 13.1. The van der Waals surface area contributed by atoms with Gasteiger partial charge in [0, 0.05) is 25.8 Å². The van der Waals surface area contributed by atoms with Gasteiger partial charge in [0.05, 0.1) is 0 Å². The molecule has 1 aliphatic carbocycles. The van der Waals surface area contributed by atoms with Crippen LogP contribution >= 0.6 is 0 Å². The zero-order valence-electron chi connectivity index (χ0n) is 11.4. The summed E-state index contributed by atoms with van der Waals surface area (Å²) in [5, 5.41) is 14.5. The molecule has 3 nitrogen and oxygen atoms in total. The van der Waals surface area contributed by atoms with Crippen LogP contribution in [0, 0.1) is 0 Å². The first-order chi connectivity index (χ1) is 9.28. The van der Waals surface area contributed by atoms with Crippen molar-refractivity contribution < 1.29 is 9.84 Å². The highest BCUT2D eigenvalue weighted by atomic mass is 16.5. The van der Waals surface area contributed by atoms with Gasteiger partial charge in [0.25, 0.3) is 0 Å². The van der Waals surface area contributed by atoms with Crippen LogP contribution in [0.25, 0.3) is 0 Å². The molecule has 104 valence electrons. The number of nitrogens with one attached hydrogen (secondary N) is 1. The van der Waals surface area contributed by atoms with Gasteiger partial charge in [-0.2, -0.15) is 0 Å². The molecule has 0 spiro atoms. The second-order valence-corrected chi connectivity index (χ2v) is 5.81. The van der Waals surface area contributed by atoms with Gasteiger partial charge in [-0.25, -0.2) is 0 Å². The lowest BCUT2D eigenvalue weighted by Gasteiger charge is -2.36. The Balaban J connectivity index is 1.69. The number of hydrogen-bond acceptors (Lipinski definition) is 3. The maximum absolute atomic E-state index is 11.0. The first-order valence-corrected chi connectivity index (χ1v) is 7.40. The normalized spacial score (nSPS) is 28.1. The van der Waals surface area contributed by atoms with Gasteiger partial charge in [-0.05, 0) is 43.2 Å². The van der Waals surface area contributed by atoms with Crippen molar-refractivity contribution in [2.75, 3.05) is 19.8 Å². The van der Waals surface area contributed by atoms with Crippen LogP contribution in [0.1, 0.15) is 36.8 Å². The van der Waals surface area contributed by atoms with Gasteiger partial charge < -0.3 is 15.2 Å². The maximum Gasteiger partial charge on any atom is 0.102 e. The van der Waals surface area contributed by atoms with Crippen LogP contribution in [-0.4, -0.2) is 30.9 Å². The smallest absolute Gasteiger partial charge is 0.102 e. The average molecular weight is 261 g/mol. The lowest BCUT2D eigenvalue weighted by Crippen LogP contribution is -2.46. The van der Waals surface area contributed by atoms with Crippen LogP contribution in [0.15, 0.2) is 24.3 Å². The second kappa shape index (κ2) is 5.61. The molecule has 0 aromatic heterocycles. The fourth-order valence-electron chi connectivity index (χ4n) is 3.30. The van der Waals surface area contributed by atoms with Crippen molar-refractivity contribution in [1.29, 1.82) is 0 Å². The minimum atomic E-state index is -0.687. The number of aryl methyl sites for hydroxylation is 1. The monoisotopic (exact) mass is 261 g/mol. The summed E-state index contributed by atoms with van der Waals surface area (Å²) in [4.78, 5) is 0. The Labute approximate surface area is 115 Å². The molecule has 0 saturated carbocycles. The van der Waals surface area contributed by atoms with Crippen molar-refractivity contribution >= 4 is 0 Å². The third kappa shape index (κ3) is 2.83. The predicted octanol–water partition coefficient (Wildman–Crippen LogP) is 1.98. The Hall–Kier alpha value is -0.900. The summed E-state index contributed by atoms with van der Waals surface area (Å²) in [7, 11) is 0. The van der Waals surface area contributed by atoms with Gasteiger partial charge in [0.1, 0.15) is 5.60 Å². The predicted molar refractivity (Wildman–Crippen MR) is 75.1 cm³/mol. The standard InChI is InChI=1S/C16H23NO2/c18-16(12-17-14-7-10-19-11-8-14)9-3-5-13-4-1-2-6-15(13)16/h1-2,4,6,14,17-18H,3,5,7-12H2. The Morgan fingerprint density at radius 1 is 1.26 bits per heavy atom. The molecule has 1 saturated heterocycles. The van der Waals surface area contributed by atoms with E-state index < -0.39 is 5.60 Å². The summed E-state index contributed by atoms with van der Waals surface area (Å²) in [5.41, 5.74) is 1.75. The molecular weight excluding hydrogens is 238 g/mol. The summed E-state index contributed by atoms with van der Waals surface area (Å²) in [6.07, 6.45) is 5.13. The molecule has 1 aromatic rings. The Morgan fingerprint density at radius 3 is 2.89 bits per heavy atom. The van der Waals surface area contributed by atoms with Gasteiger partial charge in [-0.15, -0.1) is 0 Å². The van der Waals surface area contributed by atoms with Gasteiger partial charge in [-0.3, -0.25) is 0 Å². The Morgan fingerprint density at radius 2 is 2.05 bits per heavy atom. The summed E-state index contributed by atoms with van der Waals surface area (Å²) >= 11 is 0. The quantitative estimate of drug-likeness (QED) is 0.874. The summed E-state index contributed by atoms with van der Waals surface area (Å²) in [6.45, 7) is 2.34. The van der Waals surface area contributed by atoms with E-state index in [2.05, 4.69) is 23.5 Å². The van der Waals surface area contributed by atoms with Gasteiger partial charge in [0.2, 0.25) is 0 Å². The van der Waals surface area contributed by atoms with Crippen LogP contribution in [0.4, 0.5) is 0 Å². The molecule has 2 aliphatic rings. The fraction of sp³-hybridized carbons (Fsp3) is 0.625. The first kappa shape index (κ1) is 13.1. The largest absolute Gasteiger partial charge is 0.384 e. The highest BCUT2D eigenvalue weighted by Crippen LogP contribution is 2.34. The first-order valence-electron chi connectivity index (χ1n) is 7.40. The van der Waals surface area contributed by atoms with Crippen molar-refractivity contribution in [3.05, 3.63) is 35.4 Å². The van der Waals surface area contributed by atoms with E-state index in [1.54, 1.807) is 0 Å². The molecule has 2 N–H and O–H groups in total. The second-order valence-electron chi connectivity index (χ2n) is 5.81. The molecule has 1 fully saturated rings. The molecule has 1 aliphatic heterocycles. The highest BCUT2D eigenvalue weighted by Gasteiger charge is 2.34. The van der Waals surface area contributed by atoms with Gasteiger partial charge in [-0.1, -0.05) is 24.3 Å². The molecular formula is C16H23NO2. The third-order valence-corrected chi connectivity index (χ3v) is 4.46. The van der Waals surface area contributed by atoms with Crippen molar-refractivity contribution in [2.45, 2.75) is 43.7 Å². The Bertz CT molecular complexity index is 429. The van der Waals surface area contributed by atoms with Crippen LogP contribution in [-0.2, 0) is 16.8 Å². The van der Waals surface area contributed by atoms with E-state index in [-0.39, 0.29) is 0 Å². The number of benzene rings is 1. The van der Waals surface area contributed by atoms with Gasteiger partial charge in [0.15, 0.2) is 0 Å². The number of ether oxygens (including phenoxy) is 1. The molecule has 1 atom stereocenters. The lowest BCUT2D eigenvalue weighted by molar-refractivity contribution is 0.00910. The van der Waals surface area contributed by atoms with Crippen molar-refractivity contribution in [3.8, 4) is 0 Å². The fourth-order valence-corrected chi connectivity index (χ4v) is 3.30. The summed E-state index contributed by atoms with van der Waals surface area (Å²) in [6, 6.07) is 8.82. The summed E-state index contributed by atoms with van der Waals surface area (Å²) < 4.78 is 5.37. The number of fused-ring (bicyclic) bond motifs is 1. The summed E-state index contributed by atoms with van der Waals surface area (Å²) in [5.74, 6) is 0. The number of aliphatic hydroxyl groups is 1. The third-order valence-electron chi connectivity index (χ3n) is 4.46. The van der Waals surface area contributed by atoms with Crippen LogP contribution in [0.2, 0.25) is 0 Å². The molecule has 3 heteroatoms. The maximum atomic E-state index is 11.0.